The lowest BCUT2D eigenvalue weighted by molar-refractivity contribution is -0.162. The summed E-state index contributed by atoms with van der Waals surface area (Å²) in [6, 6.07) is 0. The second kappa shape index (κ2) is 6.38. The Kier molecular flexibility index (Phi) is 5.89. The predicted octanol–water partition coefficient (Wildman–Crippen LogP) is -3.35. The number of rotatable bonds is 6. The molecule has 4 atom stereocenters. The molecule has 0 aliphatic carbocycles. The van der Waals surface area contributed by atoms with Crippen LogP contribution in [0.4, 0.5) is 0 Å². The van der Waals surface area contributed by atoms with Gasteiger partial charge in [0.1, 0.15) is 12.2 Å². The van der Waals surface area contributed by atoms with Gasteiger partial charge in [0, 0.05) is 13.5 Å². The number of nitrogens with one attached hydrogen (secondary N) is 1. The van der Waals surface area contributed by atoms with Crippen LogP contribution >= 0.6 is 0 Å². The topological polar surface area (TPSA) is 147 Å². The van der Waals surface area contributed by atoms with Gasteiger partial charge in [-0.1, -0.05) is 0 Å². The molecule has 0 aromatic heterocycles. The molecule has 0 aliphatic heterocycles. The molecular formula is C8H15NO7. The molecule has 0 bridgehead atoms. The van der Waals surface area contributed by atoms with Gasteiger partial charge in [0.05, 0.1) is 6.10 Å². The van der Waals surface area contributed by atoms with Gasteiger partial charge < -0.3 is 30.8 Å². The molecule has 16 heavy (non-hydrogen) atoms. The van der Waals surface area contributed by atoms with Crippen LogP contribution < -0.4 is 5.32 Å². The van der Waals surface area contributed by atoms with Crippen LogP contribution in [0.5, 0.6) is 0 Å². The summed E-state index contributed by atoms with van der Waals surface area (Å²) in [6.45, 7) is 0.821. The fourth-order valence-electron chi connectivity index (χ4n) is 0.929. The molecule has 0 fully saturated rings. The largest absolute Gasteiger partial charge is 0.479 e. The predicted molar refractivity (Wildman–Crippen MR) is 50.3 cm³/mol. The number of carbonyl (C=O) groups is 2. The molecule has 0 saturated carbocycles. The lowest BCUT2D eigenvalue weighted by Gasteiger charge is -2.24. The van der Waals surface area contributed by atoms with Gasteiger partial charge >= 0.3 is 5.97 Å². The summed E-state index contributed by atoms with van der Waals surface area (Å²) in [6.07, 6.45) is -7.70. The molecular weight excluding hydrogens is 222 g/mol. The van der Waals surface area contributed by atoms with Crippen LogP contribution in [-0.4, -0.2) is 68.4 Å². The summed E-state index contributed by atoms with van der Waals surface area (Å²) in [7, 11) is 0. The number of carbonyl (C=O) groups excluding carboxylic acids is 1. The van der Waals surface area contributed by atoms with Crippen molar-refractivity contribution in [2.24, 2.45) is 0 Å². The Labute approximate surface area is 91.1 Å². The molecule has 0 aliphatic rings. The smallest absolute Gasteiger partial charge is 0.335 e. The second-order valence-electron chi connectivity index (χ2n) is 3.27. The van der Waals surface area contributed by atoms with Gasteiger partial charge in [0.25, 0.3) is 0 Å². The van der Waals surface area contributed by atoms with E-state index in [-0.39, 0.29) is 6.54 Å². The second-order valence-corrected chi connectivity index (χ2v) is 3.27. The fourth-order valence-corrected chi connectivity index (χ4v) is 0.929. The number of aliphatic hydroxyl groups excluding tert-OH is 4. The Hall–Kier alpha value is -1.22. The summed E-state index contributed by atoms with van der Waals surface area (Å²) >= 11 is 0. The third kappa shape index (κ3) is 4.53. The number of hydrogen-bond donors (Lipinski definition) is 6. The highest BCUT2D eigenvalue weighted by Crippen LogP contribution is 2.05. The number of carboxylic acid groups (broad SMARTS) is 1. The zero-order valence-corrected chi connectivity index (χ0v) is 8.57. The molecule has 0 spiro atoms. The van der Waals surface area contributed by atoms with Gasteiger partial charge in [-0.3, -0.25) is 4.79 Å². The standard InChI is InChI=1S/C8H15NO7/c1-3(10)9-2-4(11)5(12)6(13)7(14)8(15)16/h4-7,11-14H,2H2,1H3,(H,9,10)(H,15,16)/t4-,5+,6-,7-/m1/s1. The van der Waals surface area contributed by atoms with Crippen LogP contribution in [0.1, 0.15) is 6.92 Å². The van der Waals surface area contributed by atoms with E-state index < -0.39 is 36.3 Å². The Bertz CT molecular complexity index is 257. The van der Waals surface area contributed by atoms with Gasteiger partial charge in [0.2, 0.25) is 5.91 Å². The zero-order valence-electron chi connectivity index (χ0n) is 8.57. The van der Waals surface area contributed by atoms with Crippen LogP contribution in [-0.2, 0) is 9.59 Å². The van der Waals surface area contributed by atoms with Gasteiger partial charge in [-0.15, -0.1) is 0 Å². The van der Waals surface area contributed by atoms with E-state index in [1.165, 1.54) is 6.92 Å². The molecule has 6 N–H and O–H groups in total. The summed E-state index contributed by atoms with van der Waals surface area (Å²) < 4.78 is 0. The molecule has 0 heterocycles. The fraction of sp³-hybridized carbons (Fsp3) is 0.750. The van der Waals surface area contributed by atoms with Gasteiger partial charge in [-0.25, -0.2) is 4.79 Å². The minimum absolute atomic E-state index is 0.361. The maximum absolute atomic E-state index is 10.5. The van der Waals surface area contributed by atoms with Crippen LogP contribution in [0.2, 0.25) is 0 Å². The molecule has 0 saturated heterocycles. The van der Waals surface area contributed by atoms with Crippen molar-refractivity contribution in [3.05, 3.63) is 0 Å². The van der Waals surface area contributed by atoms with E-state index in [1.807, 2.05) is 0 Å². The van der Waals surface area contributed by atoms with Crippen LogP contribution in [0.15, 0.2) is 0 Å². The van der Waals surface area contributed by atoms with Crippen molar-refractivity contribution in [3.8, 4) is 0 Å². The van der Waals surface area contributed by atoms with E-state index in [0.717, 1.165) is 0 Å². The first-order chi connectivity index (χ1) is 7.27. The third-order valence-electron chi connectivity index (χ3n) is 1.88. The van der Waals surface area contributed by atoms with E-state index in [9.17, 15) is 19.8 Å². The first-order valence-electron chi connectivity index (χ1n) is 4.47. The molecule has 94 valence electrons. The Morgan fingerprint density at radius 2 is 1.62 bits per heavy atom. The number of aliphatic hydroxyl groups is 4. The van der Waals surface area contributed by atoms with E-state index in [1.54, 1.807) is 0 Å². The Morgan fingerprint density at radius 1 is 1.12 bits per heavy atom. The van der Waals surface area contributed by atoms with E-state index >= 15 is 0 Å². The Morgan fingerprint density at radius 3 is 2.00 bits per heavy atom. The molecule has 0 aromatic rings. The maximum Gasteiger partial charge on any atom is 0.335 e. The minimum Gasteiger partial charge on any atom is -0.479 e. The molecule has 0 radical (unpaired) electrons. The van der Waals surface area contributed by atoms with Crippen molar-refractivity contribution < 1.29 is 35.1 Å². The van der Waals surface area contributed by atoms with Crippen LogP contribution in [0.25, 0.3) is 0 Å². The van der Waals surface area contributed by atoms with E-state index in [4.69, 9.17) is 15.3 Å². The molecule has 0 aromatic carbocycles. The van der Waals surface area contributed by atoms with E-state index in [0.29, 0.717) is 0 Å². The average molecular weight is 237 g/mol. The molecule has 0 unspecified atom stereocenters. The van der Waals surface area contributed by atoms with E-state index in [2.05, 4.69) is 5.32 Å². The highest BCUT2D eigenvalue weighted by Gasteiger charge is 2.34. The molecule has 1 amide bonds. The van der Waals surface area contributed by atoms with Crippen molar-refractivity contribution in [1.82, 2.24) is 5.32 Å². The van der Waals surface area contributed by atoms with Crippen molar-refractivity contribution >= 4 is 11.9 Å². The lowest BCUT2D eigenvalue weighted by atomic mass is 10.0. The maximum atomic E-state index is 10.5. The number of amides is 1. The quantitative estimate of drug-likeness (QED) is 0.283. The highest BCUT2D eigenvalue weighted by atomic mass is 16.4. The molecule has 8 heteroatoms. The van der Waals surface area contributed by atoms with Crippen LogP contribution in [0, 0.1) is 0 Å². The van der Waals surface area contributed by atoms with Crippen molar-refractivity contribution in [1.29, 1.82) is 0 Å². The average Bonchev–Trinajstić information content (AvgIpc) is 2.22. The number of carboxylic acids is 1. The lowest BCUT2D eigenvalue weighted by Crippen LogP contribution is -2.50. The van der Waals surface area contributed by atoms with Gasteiger partial charge in [-0.2, -0.15) is 0 Å². The SMILES string of the molecule is CC(=O)NC[C@@H](O)[C@H](O)[C@@H](O)[C@@H](O)C(=O)O. The van der Waals surface area contributed by atoms with Crippen LogP contribution in [0.3, 0.4) is 0 Å². The van der Waals surface area contributed by atoms with Gasteiger partial charge in [0.15, 0.2) is 6.10 Å². The first-order valence-corrected chi connectivity index (χ1v) is 4.47. The highest BCUT2D eigenvalue weighted by molar-refractivity contribution is 5.73. The molecule has 8 nitrogen and oxygen atoms in total. The summed E-state index contributed by atoms with van der Waals surface area (Å²) in [5.74, 6) is -2.18. The van der Waals surface area contributed by atoms with Crippen molar-refractivity contribution in [2.75, 3.05) is 6.54 Å². The minimum atomic E-state index is -2.21. The van der Waals surface area contributed by atoms with Gasteiger partial charge in [-0.05, 0) is 0 Å². The summed E-state index contributed by atoms with van der Waals surface area (Å²) in [5, 5.41) is 47.0. The van der Waals surface area contributed by atoms with Crippen molar-refractivity contribution in [3.63, 3.8) is 0 Å². The summed E-state index contributed by atoms with van der Waals surface area (Å²) in [5.41, 5.74) is 0. The molecule has 0 rings (SSSR count). The van der Waals surface area contributed by atoms with Crippen molar-refractivity contribution in [2.45, 2.75) is 31.3 Å². The number of hydrogen-bond acceptors (Lipinski definition) is 6. The first kappa shape index (κ1) is 14.8. The Balaban J connectivity index is 4.25. The number of aliphatic carboxylic acids is 1. The normalized spacial score (nSPS) is 18.3. The third-order valence-corrected chi connectivity index (χ3v) is 1.88. The summed E-state index contributed by atoms with van der Waals surface area (Å²) in [4.78, 5) is 20.7. The monoisotopic (exact) mass is 237 g/mol. The zero-order chi connectivity index (χ0) is 12.9.